The van der Waals surface area contributed by atoms with Crippen LogP contribution in [0.3, 0.4) is 0 Å². The molecule has 0 aromatic heterocycles. The molecule has 1 spiro atoms. The first-order valence-corrected chi connectivity index (χ1v) is 8.70. The van der Waals surface area contributed by atoms with Gasteiger partial charge in [0.2, 0.25) is 11.8 Å². The molecule has 0 unspecified atom stereocenters. The van der Waals surface area contributed by atoms with Crippen molar-refractivity contribution in [2.24, 2.45) is 5.41 Å². The first-order chi connectivity index (χ1) is 11.5. The minimum Gasteiger partial charge on any atom is -0.497 e. The monoisotopic (exact) mass is 330 g/mol. The highest BCUT2D eigenvalue weighted by molar-refractivity contribution is 6.05. The van der Waals surface area contributed by atoms with Crippen molar-refractivity contribution in [3.63, 3.8) is 0 Å². The molecule has 1 saturated carbocycles. The largest absolute Gasteiger partial charge is 0.497 e. The smallest absolute Gasteiger partial charge is 0.237 e. The van der Waals surface area contributed by atoms with Crippen molar-refractivity contribution >= 4 is 11.8 Å². The Hall–Kier alpha value is -1.88. The van der Waals surface area contributed by atoms with Crippen molar-refractivity contribution in [1.29, 1.82) is 0 Å². The molecule has 1 aromatic rings. The highest BCUT2D eigenvalue weighted by atomic mass is 16.5. The number of rotatable bonds is 5. The number of hydrogen-bond acceptors (Lipinski definition) is 4. The number of benzene rings is 1. The Balaban J connectivity index is 1.62. The summed E-state index contributed by atoms with van der Waals surface area (Å²) in [5.74, 6) is 0.864. The summed E-state index contributed by atoms with van der Waals surface area (Å²) in [6.07, 6.45) is 5.46. The summed E-state index contributed by atoms with van der Waals surface area (Å²) >= 11 is 0. The lowest BCUT2D eigenvalue weighted by molar-refractivity contribution is -0.144. The molecule has 0 radical (unpaired) electrons. The molecule has 2 fully saturated rings. The van der Waals surface area contributed by atoms with Crippen LogP contribution in [-0.2, 0) is 16.1 Å². The summed E-state index contributed by atoms with van der Waals surface area (Å²) in [5, 5.41) is 0. The van der Waals surface area contributed by atoms with E-state index in [-0.39, 0.29) is 11.8 Å². The summed E-state index contributed by atoms with van der Waals surface area (Å²) in [6.45, 7) is 1.06. The molecule has 0 N–H and O–H groups in total. The summed E-state index contributed by atoms with van der Waals surface area (Å²) in [6, 6.07) is 7.86. The number of imide groups is 1. The van der Waals surface area contributed by atoms with Gasteiger partial charge in [-0.3, -0.25) is 19.4 Å². The predicted molar refractivity (Wildman–Crippen MR) is 91.3 cm³/mol. The minimum absolute atomic E-state index is 0.0107. The highest BCUT2D eigenvalue weighted by Gasteiger charge is 2.51. The Kier molecular flexibility index (Phi) is 4.90. The first-order valence-electron chi connectivity index (χ1n) is 8.70. The molecule has 2 amide bonds. The van der Waals surface area contributed by atoms with E-state index in [1.165, 1.54) is 11.3 Å². The Bertz CT molecular complexity index is 606. The Morgan fingerprint density at radius 3 is 2.42 bits per heavy atom. The Labute approximate surface area is 143 Å². The van der Waals surface area contributed by atoms with Crippen molar-refractivity contribution in [1.82, 2.24) is 9.80 Å². The zero-order valence-corrected chi connectivity index (χ0v) is 14.6. The van der Waals surface area contributed by atoms with Crippen molar-refractivity contribution in [2.75, 3.05) is 20.8 Å². The molecule has 24 heavy (non-hydrogen) atoms. The third-order valence-corrected chi connectivity index (χ3v) is 5.29. The maximum Gasteiger partial charge on any atom is 0.237 e. The summed E-state index contributed by atoms with van der Waals surface area (Å²) in [4.78, 5) is 28.7. The summed E-state index contributed by atoms with van der Waals surface area (Å²) in [7, 11) is 3.59. The van der Waals surface area contributed by atoms with Crippen LogP contribution in [0.5, 0.6) is 5.75 Å². The minimum atomic E-state index is -0.393. The molecule has 3 rings (SSSR count). The van der Waals surface area contributed by atoms with Gasteiger partial charge in [-0.1, -0.05) is 31.4 Å². The quantitative estimate of drug-likeness (QED) is 0.779. The molecule has 1 heterocycles. The lowest BCUT2D eigenvalue weighted by Crippen LogP contribution is -2.42. The van der Waals surface area contributed by atoms with Crippen molar-refractivity contribution in [2.45, 2.75) is 45.1 Å². The van der Waals surface area contributed by atoms with Gasteiger partial charge < -0.3 is 4.74 Å². The van der Waals surface area contributed by atoms with Crippen LogP contribution in [0.1, 0.15) is 44.1 Å². The molecule has 5 nitrogen and oxygen atoms in total. The van der Waals surface area contributed by atoms with E-state index in [4.69, 9.17) is 4.74 Å². The number of carbonyl (C=O) groups excluding carboxylic acids is 2. The van der Waals surface area contributed by atoms with Crippen molar-refractivity contribution < 1.29 is 14.3 Å². The van der Waals surface area contributed by atoms with E-state index in [1.807, 2.05) is 36.2 Å². The van der Waals surface area contributed by atoms with Gasteiger partial charge in [-0.05, 0) is 37.6 Å². The van der Waals surface area contributed by atoms with Gasteiger partial charge in [-0.2, -0.15) is 0 Å². The number of likely N-dealkylation sites (tertiary alicyclic amines) is 1. The molecule has 0 atom stereocenters. The SMILES string of the molecule is COc1ccc(CN(C)CN2C(=O)CC3(CCCCC3)C2=O)cc1. The zero-order valence-electron chi connectivity index (χ0n) is 14.6. The van der Waals surface area contributed by atoms with Crippen LogP contribution in [-0.4, -0.2) is 42.4 Å². The molecular formula is C19H26N2O3. The molecule has 1 aromatic carbocycles. The second-order valence-electron chi connectivity index (χ2n) is 7.15. The van der Waals surface area contributed by atoms with Gasteiger partial charge in [0.05, 0.1) is 19.2 Å². The fraction of sp³-hybridized carbons (Fsp3) is 0.579. The van der Waals surface area contributed by atoms with Crippen LogP contribution in [0.4, 0.5) is 0 Å². The molecule has 0 bridgehead atoms. The van der Waals surface area contributed by atoms with Crippen LogP contribution >= 0.6 is 0 Å². The maximum atomic E-state index is 12.8. The normalized spacial score (nSPS) is 20.2. The van der Waals surface area contributed by atoms with Gasteiger partial charge in [-0.25, -0.2) is 0 Å². The van der Waals surface area contributed by atoms with Crippen molar-refractivity contribution in [3.8, 4) is 5.75 Å². The Morgan fingerprint density at radius 1 is 1.12 bits per heavy atom. The van der Waals surface area contributed by atoms with Gasteiger partial charge in [0.15, 0.2) is 0 Å². The van der Waals surface area contributed by atoms with Crippen LogP contribution in [0.15, 0.2) is 24.3 Å². The first kappa shape index (κ1) is 17.0. The van der Waals surface area contributed by atoms with Crippen LogP contribution in [0.25, 0.3) is 0 Å². The van der Waals surface area contributed by atoms with E-state index in [9.17, 15) is 9.59 Å². The summed E-state index contributed by atoms with van der Waals surface area (Å²) < 4.78 is 5.16. The number of ether oxygens (including phenoxy) is 1. The fourth-order valence-corrected chi connectivity index (χ4v) is 3.96. The predicted octanol–water partition coefficient (Wildman–Crippen LogP) is 2.79. The lowest BCUT2D eigenvalue weighted by Gasteiger charge is -2.31. The van der Waals surface area contributed by atoms with E-state index in [1.54, 1.807) is 7.11 Å². The average Bonchev–Trinajstić information content (AvgIpc) is 2.80. The van der Waals surface area contributed by atoms with E-state index < -0.39 is 5.41 Å². The number of amides is 2. The number of nitrogens with zero attached hydrogens (tertiary/aromatic N) is 2. The number of methoxy groups -OCH3 is 1. The fourth-order valence-electron chi connectivity index (χ4n) is 3.96. The molecule has 1 aliphatic carbocycles. The second kappa shape index (κ2) is 6.93. The maximum absolute atomic E-state index is 12.8. The van der Waals surface area contributed by atoms with E-state index >= 15 is 0 Å². The number of carbonyl (C=O) groups is 2. The van der Waals surface area contributed by atoms with E-state index in [0.29, 0.717) is 19.6 Å². The number of hydrogen-bond donors (Lipinski definition) is 0. The van der Waals surface area contributed by atoms with Crippen LogP contribution in [0.2, 0.25) is 0 Å². The standard InChI is InChI=1S/C19H26N2O3/c1-20(13-15-6-8-16(24-2)9-7-15)14-21-17(22)12-19(18(21)23)10-4-3-5-11-19/h6-9H,3-5,10-14H2,1-2H3. The highest BCUT2D eigenvalue weighted by Crippen LogP contribution is 2.45. The molecule has 1 saturated heterocycles. The van der Waals surface area contributed by atoms with Gasteiger partial charge in [-0.15, -0.1) is 0 Å². The molecule has 130 valence electrons. The molecule has 1 aliphatic heterocycles. The van der Waals surface area contributed by atoms with Crippen LogP contribution < -0.4 is 4.74 Å². The zero-order chi connectivity index (χ0) is 17.2. The van der Waals surface area contributed by atoms with E-state index in [0.717, 1.165) is 37.0 Å². The average molecular weight is 330 g/mol. The molecule has 2 aliphatic rings. The molecule has 5 heteroatoms. The lowest BCUT2D eigenvalue weighted by atomic mass is 9.73. The van der Waals surface area contributed by atoms with Crippen LogP contribution in [0, 0.1) is 5.41 Å². The summed E-state index contributed by atoms with van der Waals surface area (Å²) in [5.41, 5.74) is 0.737. The third-order valence-electron chi connectivity index (χ3n) is 5.29. The second-order valence-corrected chi connectivity index (χ2v) is 7.15. The van der Waals surface area contributed by atoms with Gasteiger partial charge in [0, 0.05) is 13.0 Å². The van der Waals surface area contributed by atoms with Gasteiger partial charge >= 0.3 is 0 Å². The Morgan fingerprint density at radius 2 is 1.79 bits per heavy atom. The topological polar surface area (TPSA) is 49.9 Å². The van der Waals surface area contributed by atoms with E-state index in [2.05, 4.69) is 0 Å². The van der Waals surface area contributed by atoms with Gasteiger partial charge in [0.1, 0.15) is 5.75 Å². The third kappa shape index (κ3) is 3.31. The van der Waals surface area contributed by atoms with Crippen molar-refractivity contribution in [3.05, 3.63) is 29.8 Å². The molecular weight excluding hydrogens is 304 g/mol. The van der Waals surface area contributed by atoms with Gasteiger partial charge in [0.25, 0.3) is 0 Å².